The van der Waals surface area contributed by atoms with Gasteiger partial charge in [0, 0.05) is 33.0 Å². The van der Waals surface area contributed by atoms with E-state index in [2.05, 4.69) is 205 Å². The van der Waals surface area contributed by atoms with Gasteiger partial charge in [-0.05, 0) is 107 Å². The molecule has 4 heteroatoms. The summed E-state index contributed by atoms with van der Waals surface area (Å²) in [5.74, 6) is 0.653. The fraction of sp³-hybridized carbons (Fsp3) is 0. The highest BCUT2D eigenvalue weighted by Crippen LogP contribution is 2.43. The second-order valence-electron chi connectivity index (χ2n) is 16.4. The van der Waals surface area contributed by atoms with Gasteiger partial charge in [-0.25, -0.2) is 9.97 Å². The molecule has 286 valence electrons. The van der Waals surface area contributed by atoms with E-state index in [9.17, 15) is 0 Å². The molecule has 0 atom stereocenters. The lowest BCUT2D eigenvalue weighted by molar-refractivity contribution is 0.667. The molecule has 4 nitrogen and oxygen atoms in total. The normalized spacial score (nSPS) is 12.2. The van der Waals surface area contributed by atoms with Crippen LogP contribution in [0, 0.1) is 0 Å². The highest BCUT2D eigenvalue weighted by molar-refractivity contribution is 6.27. The van der Waals surface area contributed by atoms with Gasteiger partial charge in [0.25, 0.3) is 0 Å². The number of rotatable bonds is 3. The molecule has 0 amide bonds. The van der Waals surface area contributed by atoms with E-state index < -0.39 is 0 Å². The Kier molecular flexibility index (Phi) is 6.80. The molecule has 62 heavy (non-hydrogen) atoms. The van der Waals surface area contributed by atoms with E-state index in [0.29, 0.717) is 11.4 Å². The minimum absolute atomic E-state index is 0.653. The van der Waals surface area contributed by atoms with Crippen molar-refractivity contribution in [1.29, 1.82) is 0 Å². The van der Waals surface area contributed by atoms with E-state index in [1.807, 2.05) is 0 Å². The summed E-state index contributed by atoms with van der Waals surface area (Å²) in [7, 11) is 0. The lowest BCUT2D eigenvalue weighted by Crippen LogP contribution is -1.95. The molecule has 11 aromatic carbocycles. The standard InChI is InChI=1S/C58H33N3O/c1-3-17-41-37(13-1)39-15-5-7-19-43(39)49-31-34(25-28-45(41)49)55-57-56(51-33-36(27-30-54(51)62-57)61-52-23-11-9-21-47(52)48-22-10-12-24-53(48)61)60-58(59-55)35-26-29-46-42-18-4-2-14-38(42)40-16-6-8-20-44(40)50(46)32-35/h1-33H. The zero-order valence-electron chi connectivity index (χ0n) is 33.3. The van der Waals surface area contributed by atoms with Crippen molar-refractivity contribution < 1.29 is 4.42 Å². The van der Waals surface area contributed by atoms with Crippen molar-refractivity contribution >= 4 is 109 Å². The number of nitrogens with zero attached hydrogens (tertiary/aromatic N) is 3. The topological polar surface area (TPSA) is 43.9 Å². The molecule has 0 aliphatic rings. The molecular formula is C58H33N3O. The Morgan fingerprint density at radius 1 is 0.323 bits per heavy atom. The lowest BCUT2D eigenvalue weighted by Gasteiger charge is -2.13. The Morgan fingerprint density at radius 3 is 1.26 bits per heavy atom. The molecule has 0 unspecified atom stereocenters. The van der Waals surface area contributed by atoms with Crippen LogP contribution < -0.4 is 0 Å². The molecule has 0 saturated heterocycles. The number of hydrogen-bond acceptors (Lipinski definition) is 3. The highest BCUT2D eigenvalue weighted by atomic mass is 16.3. The maximum atomic E-state index is 6.89. The van der Waals surface area contributed by atoms with E-state index in [1.165, 1.54) is 75.4 Å². The van der Waals surface area contributed by atoms with Gasteiger partial charge in [-0.3, -0.25) is 0 Å². The second-order valence-corrected chi connectivity index (χ2v) is 16.4. The van der Waals surface area contributed by atoms with Crippen LogP contribution in [-0.2, 0) is 0 Å². The van der Waals surface area contributed by atoms with Crippen LogP contribution in [0.2, 0.25) is 0 Å². The van der Waals surface area contributed by atoms with Crippen LogP contribution in [0.1, 0.15) is 0 Å². The monoisotopic (exact) mass is 787 g/mol. The minimum atomic E-state index is 0.653. The van der Waals surface area contributed by atoms with Gasteiger partial charge in [-0.15, -0.1) is 0 Å². The maximum Gasteiger partial charge on any atom is 0.180 e. The average Bonchev–Trinajstić information content (AvgIpc) is 3.89. The van der Waals surface area contributed by atoms with Crippen LogP contribution in [0.5, 0.6) is 0 Å². The number of para-hydroxylation sites is 2. The summed E-state index contributed by atoms with van der Waals surface area (Å²) in [6.07, 6.45) is 0. The van der Waals surface area contributed by atoms with Crippen molar-refractivity contribution in [1.82, 2.24) is 14.5 Å². The molecule has 0 aliphatic heterocycles. The predicted octanol–water partition coefficient (Wildman–Crippen LogP) is 15.7. The number of furan rings is 1. The fourth-order valence-electron chi connectivity index (χ4n) is 10.4. The van der Waals surface area contributed by atoms with Crippen LogP contribution in [0.3, 0.4) is 0 Å². The molecule has 14 rings (SSSR count). The summed E-state index contributed by atoms with van der Waals surface area (Å²) in [4.78, 5) is 10.9. The summed E-state index contributed by atoms with van der Waals surface area (Å²) < 4.78 is 9.24. The summed E-state index contributed by atoms with van der Waals surface area (Å²) in [5.41, 5.74) is 8.28. The van der Waals surface area contributed by atoms with Gasteiger partial charge >= 0.3 is 0 Å². The first-order valence-electron chi connectivity index (χ1n) is 21.2. The molecule has 0 N–H and O–H groups in total. The first-order valence-corrected chi connectivity index (χ1v) is 21.2. The zero-order chi connectivity index (χ0) is 40.5. The van der Waals surface area contributed by atoms with Crippen molar-refractivity contribution in [2.75, 3.05) is 0 Å². The largest absolute Gasteiger partial charge is 0.452 e. The molecule has 0 bridgehead atoms. The Hall–Kier alpha value is -8.34. The summed E-state index contributed by atoms with van der Waals surface area (Å²) in [6.45, 7) is 0. The minimum Gasteiger partial charge on any atom is -0.452 e. The highest BCUT2D eigenvalue weighted by Gasteiger charge is 2.22. The second kappa shape index (κ2) is 12.6. The number of benzene rings is 11. The van der Waals surface area contributed by atoms with Crippen LogP contribution in [0.4, 0.5) is 0 Å². The first kappa shape index (κ1) is 33.5. The van der Waals surface area contributed by atoms with E-state index in [-0.39, 0.29) is 0 Å². The Labute approximate surface area is 354 Å². The Morgan fingerprint density at radius 2 is 0.742 bits per heavy atom. The molecule has 0 aliphatic carbocycles. The third kappa shape index (κ3) is 4.66. The maximum absolute atomic E-state index is 6.89. The van der Waals surface area contributed by atoms with Gasteiger partial charge in [0.05, 0.1) is 11.0 Å². The van der Waals surface area contributed by atoms with Gasteiger partial charge < -0.3 is 8.98 Å². The lowest BCUT2D eigenvalue weighted by atomic mass is 9.92. The van der Waals surface area contributed by atoms with E-state index in [1.54, 1.807) is 0 Å². The van der Waals surface area contributed by atoms with Gasteiger partial charge in [0.1, 0.15) is 16.8 Å². The van der Waals surface area contributed by atoms with Crippen LogP contribution in [0.15, 0.2) is 205 Å². The predicted molar refractivity (Wildman–Crippen MR) is 260 cm³/mol. The average molecular weight is 788 g/mol. The third-order valence-corrected chi connectivity index (χ3v) is 13.2. The van der Waals surface area contributed by atoms with E-state index in [0.717, 1.165) is 50.0 Å². The zero-order valence-corrected chi connectivity index (χ0v) is 33.3. The van der Waals surface area contributed by atoms with E-state index >= 15 is 0 Å². The SMILES string of the molecule is c1ccc2c(c1)c1ccccc1c1cc(-c3nc(-c4ccc5c6ccccc6c6ccccc6c5c4)c4oc5ccc(-n6c7ccccc7c7ccccc76)cc5c4n3)ccc21. The third-order valence-electron chi connectivity index (χ3n) is 13.2. The molecule has 3 heterocycles. The molecule has 3 aromatic heterocycles. The number of aromatic nitrogens is 3. The van der Waals surface area contributed by atoms with Gasteiger partial charge in [0.2, 0.25) is 0 Å². The molecule has 0 saturated carbocycles. The number of hydrogen-bond donors (Lipinski definition) is 0. The summed E-state index contributed by atoms with van der Waals surface area (Å²) >= 11 is 0. The van der Waals surface area contributed by atoms with Gasteiger partial charge in [-0.2, -0.15) is 0 Å². The van der Waals surface area contributed by atoms with Crippen LogP contribution in [-0.4, -0.2) is 14.5 Å². The molecule has 0 radical (unpaired) electrons. The summed E-state index contributed by atoms with van der Waals surface area (Å²) in [6, 6.07) is 72.0. The van der Waals surface area contributed by atoms with Crippen molar-refractivity contribution in [3.8, 4) is 28.3 Å². The molecule has 0 spiro atoms. The van der Waals surface area contributed by atoms with E-state index in [4.69, 9.17) is 14.4 Å². The van der Waals surface area contributed by atoms with Crippen molar-refractivity contribution in [2.24, 2.45) is 0 Å². The Balaban J connectivity index is 1.07. The number of fused-ring (bicyclic) bond motifs is 18. The van der Waals surface area contributed by atoms with Crippen molar-refractivity contribution in [3.63, 3.8) is 0 Å². The van der Waals surface area contributed by atoms with Gasteiger partial charge in [-0.1, -0.05) is 158 Å². The Bertz CT molecular complexity index is 4110. The molecule has 14 aromatic rings. The molecule has 0 fully saturated rings. The van der Waals surface area contributed by atoms with Crippen molar-refractivity contribution in [3.05, 3.63) is 200 Å². The smallest absolute Gasteiger partial charge is 0.180 e. The first-order chi connectivity index (χ1) is 30.7. The van der Waals surface area contributed by atoms with Crippen LogP contribution >= 0.6 is 0 Å². The summed E-state index contributed by atoms with van der Waals surface area (Å²) in [5, 5.41) is 18.0. The van der Waals surface area contributed by atoms with Gasteiger partial charge in [0.15, 0.2) is 11.4 Å². The quantitative estimate of drug-likeness (QED) is 0.168. The van der Waals surface area contributed by atoms with Crippen molar-refractivity contribution in [2.45, 2.75) is 0 Å². The molecular weight excluding hydrogens is 755 g/mol. The van der Waals surface area contributed by atoms with Crippen LogP contribution in [0.25, 0.3) is 137 Å². The fourth-order valence-corrected chi connectivity index (χ4v) is 10.4.